The Labute approximate surface area is 94.4 Å². The number of carbonyl (C=O) groups is 2. The Hall–Kier alpha value is -1.26. The Bertz CT molecular complexity index is 333. The highest BCUT2D eigenvalue weighted by molar-refractivity contribution is 5.82. The fraction of sp³-hybridized carbons (Fsp3) is 0.818. The third-order valence-electron chi connectivity index (χ3n) is 3.03. The molecule has 0 spiro atoms. The molecular formula is C11H17NO4. The summed E-state index contributed by atoms with van der Waals surface area (Å²) in [4.78, 5) is 24.2. The molecule has 0 aromatic carbocycles. The molecule has 2 fully saturated rings. The van der Waals surface area contributed by atoms with E-state index < -0.39 is 23.7 Å². The van der Waals surface area contributed by atoms with Crippen molar-refractivity contribution in [3.05, 3.63) is 0 Å². The molecule has 16 heavy (non-hydrogen) atoms. The van der Waals surface area contributed by atoms with Crippen LogP contribution in [0, 0.1) is 11.8 Å². The van der Waals surface area contributed by atoms with Gasteiger partial charge in [0.15, 0.2) is 0 Å². The van der Waals surface area contributed by atoms with Gasteiger partial charge in [0.05, 0.1) is 0 Å². The lowest BCUT2D eigenvalue weighted by molar-refractivity contribution is -0.142. The van der Waals surface area contributed by atoms with E-state index in [4.69, 9.17) is 9.84 Å². The second-order valence-electron chi connectivity index (χ2n) is 5.58. The van der Waals surface area contributed by atoms with Crippen LogP contribution in [0.5, 0.6) is 0 Å². The van der Waals surface area contributed by atoms with Gasteiger partial charge in [-0.05, 0) is 39.0 Å². The Morgan fingerprint density at radius 3 is 2.50 bits per heavy atom. The van der Waals surface area contributed by atoms with Gasteiger partial charge < -0.3 is 9.84 Å². The average molecular weight is 227 g/mol. The minimum absolute atomic E-state index is 0.144. The first kappa shape index (κ1) is 11.2. The lowest BCUT2D eigenvalue weighted by Gasteiger charge is -2.28. The maximum absolute atomic E-state index is 11.8. The molecule has 1 saturated heterocycles. The highest BCUT2D eigenvalue weighted by atomic mass is 16.6. The van der Waals surface area contributed by atoms with Gasteiger partial charge in [-0.1, -0.05) is 0 Å². The minimum Gasteiger partial charge on any atom is -0.480 e. The smallest absolute Gasteiger partial charge is 0.411 e. The van der Waals surface area contributed by atoms with Gasteiger partial charge >= 0.3 is 12.1 Å². The topological polar surface area (TPSA) is 66.8 Å². The van der Waals surface area contributed by atoms with Crippen LogP contribution in [-0.4, -0.2) is 40.3 Å². The zero-order valence-corrected chi connectivity index (χ0v) is 9.77. The number of ether oxygens (including phenoxy) is 1. The molecule has 1 saturated carbocycles. The summed E-state index contributed by atoms with van der Waals surface area (Å²) in [5.74, 6) is -0.408. The predicted octanol–water partition coefficient (Wildman–Crippen LogP) is 1.33. The number of hydrogen-bond acceptors (Lipinski definition) is 3. The van der Waals surface area contributed by atoms with Gasteiger partial charge in [-0.25, -0.2) is 9.59 Å². The Kier molecular flexibility index (Phi) is 2.36. The molecule has 0 radical (unpaired) electrons. The number of aliphatic carboxylic acids is 1. The molecule has 2 unspecified atom stereocenters. The van der Waals surface area contributed by atoms with Crippen LogP contribution in [0.25, 0.3) is 0 Å². The second kappa shape index (κ2) is 3.37. The van der Waals surface area contributed by atoms with Crippen molar-refractivity contribution in [1.29, 1.82) is 0 Å². The van der Waals surface area contributed by atoms with Crippen LogP contribution in [0.2, 0.25) is 0 Å². The molecule has 1 heterocycles. The number of hydrogen-bond donors (Lipinski definition) is 1. The van der Waals surface area contributed by atoms with Crippen molar-refractivity contribution < 1.29 is 19.4 Å². The summed E-state index contributed by atoms with van der Waals surface area (Å²) in [6.07, 6.45) is 0.420. The van der Waals surface area contributed by atoms with Crippen molar-refractivity contribution in [2.24, 2.45) is 11.8 Å². The molecule has 3 atom stereocenters. The number of amides is 1. The van der Waals surface area contributed by atoms with E-state index in [1.54, 1.807) is 20.8 Å². The minimum atomic E-state index is -0.921. The Morgan fingerprint density at radius 2 is 2.00 bits per heavy atom. The van der Waals surface area contributed by atoms with Gasteiger partial charge in [0.2, 0.25) is 0 Å². The van der Waals surface area contributed by atoms with Gasteiger partial charge in [-0.15, -0.1) is 0 Å². The molecule has 0 aromatic rings. The SMILES string of the molecule is CC(C)(C)OC(=O)N1CC2C[C@@H]2C1C(=O)O. The van der Waals surface area contributed by atoms with Crippen molar-refractivity contribution in [3.8, 4) is 0 Å². The summed E-state index contributed by atoms with van der Waals surface area (Å²) in [5, 5.41) is 9.08. The summed E-state index contributed by atoms with van der Waals surface area (Å²) in [5.41, 5.74) is -0.576. The zero-order chi connectivity index (χ0) is 12.1. The average Bonchev–Trinajstić information content (AvgIpc) is 2.73. The van der Waals surface area contributed by atoms with E-state index >= 15 is 0 Å². The third-order valence-corrected chi connectivity index (χ3v) is 3.03. The van der Waals surface area contributed by atoms with Crippen LogP contribution in [0.15, 0.2) is 0 Å². The van der Waals surface area contributed by atoms with Gasteiger partial charge in [0.25, 0.3) is 0 Å². The maximum Gasteiger partial charge on any atom is 0.411 e. The van der Waals surface area contributed by atoms with E-state index in [-0.39, 0.29) is 5.92 Å². The highest BCUT2D eigenvalue weighted by Crippen LogP contribution is 2.49. The largest absolute Gasteiger partial charge is 0.480 e. The van der Waals surface area contributed by atoms with E-state index in [0.717, 1.165) is 6.42 Å². The molecule has 0 aromatic heterocycles. The fourth-order valence-electron chi connectivity index (χ4n) is 2.29. The quantitative estimate of drug-likeness (QED) is 0.733. The monoisotopic (exact) mass is 227 g/mol. The van der Waals surface area contributed by atoms with Crippen molar-refractivity contribution in [2.75, 3.05) is 6.54 Å². The molecule has 1 amide bonds. The van der Waals surface area contributed by atoms with Crippen molar-refractivity contribution in [1.82, 2.24) is 4.90 Å². The molecule has 1 aliphatic heterocycles. The number of rotatable bonds is 1. The molecule has 90 valence electrons. The van der Waals surface area contributed by atoms with E-state index in [0.29, 0.717) is 12.5 Å². The van der Waals surface area contributed by atoms with Crippen LogP contribution in [0.3, 0.4) is 0 Å². The van der Waals surface area contributed by atoms with E-state index in [1.165, 1.54) is 4.90 Å². The first-order chi connectivity index (χ1) is 7.29. The van der Waals surface area contributed by atoms with E-state index in [2.05, 4.69) is 0 Å². The normalized spacial score (nSPS) is 32.2. The number of carbonyl (C=O) groups excluding carboxylic acids is 1. The van der Waals surface area contributed by atoms with Crippen LogP contribution < -0.4 is 0 Å². The molecular weight excluding hydrogens is 210 g/mol. The summed E-state index contributed by atoms with van der Waals surface area (Å²) >= 11 is 0. The molecule has 5 nitrogen and oxygen atoms in total. The summed E-state index contributed by atoms with van der Waals surface area (Å²) in [6, 6.07) is -0.681. The number of likely N-dealkylation sites (tertiary alicyclic amines) is 1. The van der Waals surface area contributed by atoms with Crippen LogP contribution in [0.1, 0.15) is 27.2 Å². The van der Waals surface area contributed by atoms with Crippen LogP contribution >= 0.6 is 0 Å². The van der Waals surface area contributed by atoms with Crippen molar-refractivity contribution in [2.45, 2.75) is 38.8 Å². The van der Waals surface area contributed by atoms with Gasteiger partial charge in [-0.2, -0.15) is 0 Å². The number of nitrogens with zero attached hydrogens (tertiary/aromatic N) is 1. The first-order valence-corrected chi connectivity index (χ1v) is 5.52. The summed E-state index contributed by atoms with van der Waals surface area (Å²) in [6.45, 7) is 5.85. The lowest BCUT2D eigenvalue weighted by Crippen LogP contribution is -2.45. The lowest BCUT2D eigenvalue weighted by atomic mass is 10.2. The molecule has 2 aliphatic rings. The Balaban J connectivity index is 2.04. The molecule has 1 aliphatic carbocycles. The molecule has 5 heteroatoms. The second-order valence-corrected chi connectivity index (χ2v) is 5.58. The summed E-state index contributed by atoms with van der Waals surface area (Å²) < 4.78 is 5.19. The number of carboxylic acids is 1. The van der Waals surface area contributed by atoms with Crippen molar-refractivity contribution >= 4 is 12.1 Å². The maximum atomic E-state index is 11.8. The predicted molar refractivity (Wildman–Crippen MR) is 56.0 cm³/mol. The van der Waals surface area contributed by atoms with Gasteiger partial charge in [-0.3, -0.25) is 4.90 Å². The van der Waals surface area contributed by atoms with Crippen LogP contribution in [0.4, 0.5) is 4.79 Å². The Morgan fingerprint density at radius 1 is 1.38 bits per heavy atom. The molecule has 0 bridgehead atoms. The van der Waals surface area contributed by atoms with Crippen molar-refractivity contribution in [3.63, 3.8) is 0 Å². The first-order valence-electron chi connectivity index (χ1n) is 5.52. The third kappa shape index (κ3) is 1.99. The van der Waals surface area contributed by atoms with E-state index in [1.807, 2.05) is 0 Å². The highest BCUT2D eigenvalue weighted by Gasteiger charge is 2.57. The fourth-order valence-corrected chi connectivity index (χ4v) is 2.29. The summed E-state index contributed by atoms with van der Waals surface area (Å²) in [7, 11) is 0. The number of fused-ring (bicyclic) bond motifs is 1. The molecule has 1 N–H and O–H groups in total. The van der Waals surface area contributed by atoms with E-state index in [9.17, 15) is 9.59 Å². The van der Waals surface area contributed by atoms with Gasteiger partial charge in [0, 0.05) is 6.54 Å². The molecule has 2 rings (SSSR count). The number of carboxylic acid groups (broad SMARTS) is 1. The van der Waals surface area contributed by atoms with Gasteiger partial charge in [0.1, 0.15) is 11.6 Å². The van der Waals surface area contributed by atoms with Crippen LogP contribution in [-0.2, 0) is 9.53 Å². The number of piperidine rings is 1. The standard InChI is InChI=1S/C11H17NO4/c1-11(2,3)16-10(15)12-5-6-4-7(6)8(12)9(13)14/h6-8H,4-5H2,1-3H3,(H,13,14)/t6?,7-,8?/m0/s1. The zero-order valence-electron chi connectivity index (χ0n) is 9.77.